The van der Waals surface area contributed by atoms with Gasteiger partial charge in [-0.2, -0.15) is 0 Å². The van der Waals surface area contributed by atoms with E-state index in [1.165, 1.54) is 17.0 Å². The molecule has 0 radical (unpaired) electrons. The highest BCUT2D eigenvalue weighted by molar-refractivity contribution is 7.92. The van der Waals surface area contributed by atoms with Crippen LogP contribution < -0.4 is 9.62 Å². The Labute approximate surface area is 232 Å². The molecule has 2 aromatic carbocycles. The highest BCUT2D eigenvalue weighted by Crippen LogP contribution is 2.26. The first-order valence-electron chi connectivity index (χ1n) is 13.7. The molecule has 1 fully saturated rings. The number of amides is 2. The number of benzene rings is 2. The van der Waals surface area contributed by atoms with Gasteiger partial charge in [0.15, 0.2) is 0 Å². The summed E-state index contributed by atoms with van der Waals surface area (Å²) < 4.78 is 40.3. The molecule has 1 aliphatic carbocycles. The molecule has 0 spiro atoms. The van der Waals surface area contributed by atoms with Crippen molar-refractivity contribution >= 4 is 27.5 Å². The van der Waals surface area contributed by atoms with Crippen molar-refractivity contribution in [1.82, 2.24) is 10.2 Å². The monoisotopic (exact) mass is 559 g/mol. The van der Waals surface area contributed by atoms with Gasteiger partial charge in [-0.15, -0.1) is 0 Å². The molecular formula is C30H42FN3O4S. The van der Waals surface area contributed by atoms with Crippen LogP contribution in [-0.2, 0) is 31.6 Å². The molecule has 0 bridgehead atoms. The Morgan fingerprint density at radius 1 is 1.00 bits per heavy atom. The van der Waals surface area contributed by atoms with Crippen molar-refractivity contribution < 1.29 is 22.4 Å². The Morgan fingerprint density at radius 2 is 1.59 bits per heavy atom. The number of carbonyl (C=O) groups is 2. The molecule has 1 atom stereocenters. The molecule has 9 heteroatoms. The summed E-state index contributed by atoms with van der Waals surface area (Å²) in [5.41, 5.74) is 1.94. The lowest BCUT2D eigenvalue weighted by molar-refractivity contribution is -0.140. The molecule has 2 aromatic rings. The fraction of sp³-hybridized carbons (Fsp3) is 0.533. The molecule has 0 unspecified atom stereocenters. The van der Waals surface area contributed by atoms with Crippen molar-refractivity contribution in [2.75, 3.05) is 17.1 Å². The predicted molar refractivity (Wildman–Crippen MR) is 153 cm³/mol. The maximum Gasteiger partial charge on any atom is 0.244 e. The van der Waals surface area contributed by atoms with Crippen LogP contribution in [-0.4, -0.2) is 50.0 Å². The van der Waals surface area contributed by atoms with Gasteiger partial charge < -0.3 is 10.2 Å². The number of halogens is 1. The van der Waals surface area contributed by atoms with Gasteiger partial charge >= 0.3 is 0 Å². The summed E-state index contributed by atoms with van der Waals surface area (Å²) in [5.74, 6) is -1.16. The average molecular weight is 560 g/mol. The highest BCUT2D eigenvalue weighted by Gasteiger charge is 2.33. The Bertz CT molecular complexity index is 1220. The maximum absolute atomic E-state index is 13.8. The quantitative estimate of drug-likeness (QED) is 0.437. The number of hydrogen-bond donors (Lipinski definition) is 1. The zero-order chi connectivity index (χ0) is 28.8. The van der Waals surface area contributed by atoms with Crippen molar-refractivity contribution in [3.8, 4) is 0 Å². The van der Waals surface area contributed by atoms with Gasteiger partial charge in [-0.3, -0.25) is 13.9 Å². The van der Waals surface area contributed by atoms with Crippen molar-refractivity contribution in [3.63, 3.8) is 0 Å². The third kappa shape index (κ3) is 8.52. The number of nitrogens with one attached hydrogen (secondary N) is 1. The normalized spacial score (nSPS) is 15.4. The molecule has 0 saturated heterocycles. The first-order chi connectivity index (χ1) is 18.3. The van der Waals surface area contributed by atoms with Crippen molar-refractivity contribution in [1.29, 1.82) is 0 Å². The molecule has 214 valence electrons. The van der Waals surface area contributed by atoms with Gasteiger partial charge in [0.05, 0.1) is 11.9 Å². The molecule has 1 saturated carbocycles. The minimum Gasteiger partial charge on any atom is -0.352 e. The standard InChI is InChI=1S/C30H42FN3O4S/c1-6-27(29(36)32-25-10-8-7-9-11-25)33(20-22-12-16-24(31)17-13-22)28(35)21-34(39(5,37)38)26-18-14-23(15-19-26)30(2,3)4/h12-19,25,27H,6-11,20-21H2,1-5H3,(H,32,36)/t27-/m0/s1. The topological polar surface area (TPSA) is 86.8 Å². The van der Waals surface area contributed by atoms with E-state index in [4.69, 9.17) is 0 Å². The van der Waals surface area contributed by atoms with E-state index in [1.54, 1.807) is 24.3 Å². The number of nitrogens with zero attached hydrogens (tertiary/aromatic N) is 2. The summed E-state index contributed by atoms with van der Waals surface area (Å²) in [6.45, 7) is 7.62. The first kappa shape index (κ1) is 30.6. The Kier molecular flexibility index (Phi) is 10.2. The first-order valence-corrected chi connectivity index (χ1v) is 15.6. The lowest BCUT2D eigenvalue weighted by Crippen LogP contribution is -2.53. The predicted octanol–water partition coefficient (Wildman–Crippen LogP) is 5.15. The summed E-state index contributed by atoms with van der Waals surface area (Å²) in [5, 5.41) is 3.11. The van der Waals surface area contributed by atoms with E-state index in [0.29, 0.717) is 17.7 Å². The van der Waals surface area contributed by atoms with E-state index in [1.807, 2.05) is 19.1 Å². The smallest absolute Gasteiger partial charge is 0.244 e. The van der Waals surface area contributed by atoms with Gasteiger partial charge in [0.25, 0.3) is 0 Å². The number of sulfonamides is 1. The molecule has 39 heavy (non-hydrogen) atoms. The van der Waals surface area contributed by atoms with Crippen LogP contribution in [0.4, 0.5) is 10.1 Å². The second-order valence-corrected chi connectivity index (χ2v) is 13.4. The van der Waals surface area contributed by atoms with E-state index in [-0.39, 0.29) is 23.9 Å². The number of anilines is 1. The molecule has 0 aliphatic heterocycles. The Balaban J connectivity index is 1.91. The molecule has 2 amide bonds. The number of rotatable bonds is 10. The van der Waals surface area contributed by atoms with Crippen LogP contribution >= 0.6 is 0 Å². The second kappa shape index (κ2) is 12.9. The van der Waals surface area contributed by atoms with E-state index in [2.05, 4.69) is 26.1 Å². The van der Waals surface area contributed by atoms with Crippen LogP contribution in [0.25, 0.3) is 0 Å². The van der Waals surface area contributed by atoms with Gasteiger partial charge in [0, 0.05) is 12.6 Å². The number of hydrogen-bond acceptors (Lipinski definition) is 4. The van der Waals surface area contributed by atoms with Crippen molar-refractivity contribution in [2.45, 2.75) is 90.3 Å². The molecule has 0 heterocycles. The number of carbonyl (C=O) groups excluding carboxylic acids is 2. The van der Waals surface area contributed by atoms with E-state index in [0.717, 1.165) is 48.2 Å². The van der Waals surface area contributed by atoms with Gasteiger partial charge in [0.1, 0.15) is 18.4 Å². The summed E-state index contributed by atoms with van der Waals surface area (Å²) in [6.07, 6.45) is 6.48. The summed E-state index contributed by atoms with van der Waals surface area (Å²) in [4.78, 5) is 28.7. The fourth-order valence-electron chi connectivity index (χ4n) is 4.99. The van der Waals surface area contributed by atoms with Crippen LogP contribution in [0, 0.1) is 5.82 Å². The van der Waals surface area contributed by atoms with Gasteiger partial charge in [0.2, 0.25) is 21.8 Å². The zero-order valence-corrected chi connectivity index (χ0v) is 24.6. The van der Waals surface area contributed by atoms with E-state index in [9.17, 15) is 22.4 Å². The molecular weight excluding hydrogens is 517 g/mol. The van der Waals surface area contributed by atoms with E-state index < -0.39 is 34.3 Å². The van der Waals surface area contributed by atoms with Crippen LogP contribution in [0.15, 0.2) is 48.5 Å². The Hall–Kier alpha value is -2.94. The van der Waals surface area contributed by atoms with Crippen LogP contribution in [0.3, 0.4) is 0 Å². The Morgan fingerprint density at radius 3 is 2.10 bits per heavy atom. The molecule has 3 rings (SSSR count). The largest absolute Gasteiger partial charge is 0.352 e. The maximum atomic E-state index is 13.8. The van der Waals surface area contributed by atoms with Crippen LogP contribution in [0.1, 0.15) is 77.3 Å². The SMILES string of the molecule is CC[C@@H](C(=O)NC1CCCCC1)N(Cc1ccc(F)cc1)C(=O)CN(c1ccc(C(C)(C)C)cc1)S(C)(=O)=O. The summed E-state index contributed by atoms with van der Waals surface area (Å²) in [6, 6.07) is 12.1. The van der Waals surface area contributed by atoms with Crippen LogP contribution in [0.2, 0.25) is 0 Å². The van der Waals surface area contributed by atoms with E-state index >= 15 is 0 Å². The minimum absolute atomic E-state index is 0.0519. The molecule has 0 aromatic heterocycles. The van der Waals surface area contributed by atoms with Gasteiger partial charge in [-0.05, 0) is 60.1 Å². The summed E-state index contributed by atoms with van der Waals surface area (Å²) >= 11 is 0. The van der Waals surface area contributed by atoms with Crippen molar-refractivity contribution in [2.24, 2.45) is 0 Å². The van der Waals surface area contributed by atoms with Crippen molar-refractivity contribution in [3.05, 3.63) is 65.5 Å². The molecule has 1 aliphatic rings. The highest BCUT2D eigenvalue weighted by atomic mass is 32.2. The average Bonchev–Trinajstić information content (AvgIpc) is 2.87. The summed E-state index contributed by atoms with van der Waals surface area (Å²) in [7, 11) is -3.81. The fourth-order valence-corrected chi connectivity index (χ4v) is 5.84. The third-order valence-corrected chi connectivity index (χ3v) is 8.44. The second-order valence-electron chi connectivity index (χ2n) is 11.5. The minimum atomic E-state index is -3.81. The van der Waals surface area contributed by atoms with Gasteiger partial charge in [-0.25, -0.2) is 12.8 Å². The molecule has 1 N–H and O–H groups in total. The lowest BCUT2D eigenvalue weighted by atomic mass is 9.87. The zero-order valence-electron chi connectivity index (χ0n) is 23.7. The molecule has 7 nitrogen and oxygen atoms in total. The van der Waals surface area contributed by atoms with Gasteiger partial charge in [-0.1, -0.05) is 71.2 Å². The third-order valence-electron chi connectivity index (χ3n) is 7.30. The van der Waals surface area contributed by atoms with Crippen LogP contribution in [0.5, 0.6) is 0 Å². The lowest BCUT2D eigenvalue weighted by Gasteiger charge is -2.34.